The highest BCUT2D eigenvalue weighted by molar-refractivity contribution is 6.22. The second kappa shape index (κ2) is 8.14. The van der Waals surface area contributed by atoms with E-state index in [-0.39, 0.29) is 24.3 Å². The van der Waals surface area contributed by atoms with E-state index < -0.39 is 0 Å². The number of benzene rings is 1. The lowest BCUT2D eigenvalue weighted by atomic mass is 10.1. The van der Waals surface area contributed by atoms with Crippen LogP contribution >= 0.6 is 0 Å². The van der Waals surface area contributed by atoms with E-state index in [2.05, 4.69) is 20.1 Å². The van der Waals surface area contributed by atoms with Gasteiger partial charge < -0.3 is 9.88 Å². The second-order valence-electron chi connectivity index (χ2n) is 7.55. The van der Waals surface area contributed by atoms with E-state index in [4.69, 9.17) is 0 Å². The number of carbonyl (C=O) groups excluding carboxylic acids is 3. The van der Waals surface area contributed by atoms with Crippen LogP contribution in [0.25, 0.3) is 0 Å². The number of aromatic nitrogens is 3. The maximum absolute atomic E-state index is 12.6. The van der Waals surface area contributed by atoms with Crippen LogP contribution in [0.2, 0.25) is 0 Å². The first-order chi connectivity index (χ1) is 14.1. The quantitative estimate of drug-likeness (QED) is 0.757. The van der Waals surface area contributed by atoms with Crippen LogP contribution in [-0.2, 0) is 19.5 Å². The first-order valence-electron chi connectivity index (χ1n) is 10.3. The Morgan fingerprint density at radius 2 is 1.93 bits per heavy atom. The number of rotatable bonds is 6. The Morgan fingerprint density at radius 1 is 1.10 bits per heavy atom. The molecule has 29 heavy (non-hydrogen) atoms. The van der Waals surface area contributed by atoms with E-state index in [1.54, 1.807) is 12.1 Å². The van der Waals surface area contributed by atoms with Crippen molar-refractivity contribution in [2.75, 3.05) is 6.54 Å². The van der Waals surface area contributed by atoms with Crippen LogP contribution in [0.1, 0.15) is 81.8 Å². The average molecular weight is 395 g/mol. The number of hydrogen-bond acceptors (Lipinski definition) is 5. The summed E-state index contributed by atoms with van der Waals surface area (Å²) in [5.41, 5.74) is 1.03. The summed E-state index contributed by atoms with van der Waals surface area (Å²) in [6.07, 6.45) is 5.95. The van der Waals surface area contributed by atoms with E-state index in [1.165, 1.54) is 17.4 Å². The summed E-state index contributed by atoms with van der Waals surface area (Å²) in [4.78, 5) is 38.9. The molecule has 1 N–H and O–H groups in total. The number of fused-ring (bicyclic) bond motifs is 2. The Hall–Kier alpha value is -3.03. The topological polar surface area (TPSA) is 97.2 Å². The molecule has 1 aromatic heterocycles. The van der Waals surface area contributed by atoms with Gasteiger partial charge in [0.05, 0.1) is 17.7 Å². The minimum atomic E-state index is -0.323. The third kappa shape index (κ3) is 3.66. The molecule has 0 aliphatic carbocycles. The molecule has 1 aromatic carbocycles. The van der Waals surface area contributed by atoms with Gasteiger partial charge in [0.25, 0.3) is 17.7 Å². The van der Waals surface area contributed by atoms with Gasteiger partial charge in [-0.1, -0.05) is 19.8 Å². The predicted molar refractivity (Wildman–Crippen MR) is 105 cm³/mol. The Labute approximate surface area is 169 Å². The van der Waals surface area contributed by atoms with Crippen LogP contribution in [0.5, 0.6) is 0 Å². The van der Waals surface area contributed by atoms with Crippen LogP contribution < -0.4 is 5.32 Å². The Kier molecular flexibility index (Phi) is 5.42. The molecule has 0 spiro atoms. The largest absolute Gasteiger partial charge is 0.345 e. The maximum Gasteiger partial charge on any atom is 0.261 e. The molecule has 0 bridgehead atoms. The van der Waals surface area contributed by atoms with Gasteiger partial charge in [-0.15, -0.1) is 10.2 Å². The lowest BCUT2D eigenvalue weighted by molar-refractivity contribution is 0.0652. The Morgan fingerprint density at radius 3 is 2.76 bits per heavy atom. The van der Waals surface area contributed by atoms with Gasteiger partial charge in [0.1, 0.15) is 5.82 Å². The predicted octanol–water partition coefficient (Wildman–Crippen LogP) is 2.33. The minimum Gasteiger partial charge on any atom is -0.345 e. The molecular weight excluding hydrogens is 370 g/mol. The number of nitrogens with one attached hydrogen (secondary N) is 1. The molecule has 2 aliphatic rings. The summed E-state index contributed by atoms with van der Waals surface area (Å²) in [5, 5.41) is 11.3. The van der Waals surface area contributed by atoms with E-state index in [9.17, 15) is 14.4 Å². The highest BCUT2D eigenvalue weighted by Crippen LogP contribution is 2.24. The van der Waals surface area contributed by atoms with Gasteiger partial charge in [-0.2, -0.15) is 0 Å². The summed E-state index contributed by atoms with van der Waals surface area (Å²) in [7, 11) is 0. The summed E-state index contributed by atoms with van der Waals surface area (Å²) >= 11 is 0. The minimum absolute atomic E-state index is 0.276. The molecule has 8 heteroatoms. The van der Waals surface area contributed by atoms with Crippen LogP contribution in [0, 0.1) is 0 Å². The van der Waals surface area contributed by atoms with Crippen molar-refractivity contribution < 1.29 is 14.4 Å². The number of aryl methyl sites for hydroxylation is 1. The van der Waals surface area contributed by atoms with E-state index in [0.717, 1.165) is 50.3 Å². The van der Waals surface area contributed by atoms with Crippen LogP contribution in [0.15, 0.2) is 18.2 Å². The monoisotopic (exact) mass is 395 g/mol. The van der Waals surface area contributed by atoms with Crippen LogP contribution in [0.3, 0.4) is 0 Å². The zero-order chi connectivity index (χ0) is 20.4. The van der Waals surface area contributed by atoms with Crippen molar-refractivity contribution in [2.45, 2.75) is 58.5 Å². The molecule has 3 heterocycles. The molecule has 2 aliphatic heterocycles. The third-order valence-corrected chi connectivity index (χ3v) is 5.56. The number of carbonyl (C=O) groups is 3. The molecule has 2 aromatic rings. The number of nitrogens with zero attached hydrogens (tertiary/aromatic N) is 4. The summed E-state index contributed by atoms with van der Waals surface area (Å²) in [5.74, 6) is 0.812. The van der Waals surface area contributed by atoms with Crippen molar-refractivity contribution in [3.05, 3.63) is 46.5 Å². The fourth-order valence-corrected chi connectivity index (χ4v) is 3.89. The van der Waals surface area contributed by atoms with Crippen molar-refractivity contribution in [2.24, 2.45) is 0 Å². The molecular formula is C21H25N5O3. The third-order valence-electron chi connectivity index (χ3n) is 5.56. The standard InChI is InChI=1S/C21H25N5O3/c1-2-3-10-26-20(28)15-9-8-14(12-16(15)21(26)29)19(27)22-13-18-24-23-17-7-5-4-6-11-25(17)18/h8-9,12H,2-7,10-11,13H2,1H3,(H,22,27). The summed E-state index contributed by atoms with van der Waals surface area (Å²) < 4.78 is 2.09. The van der Waals surface area contributed by atoms with Crippen molar-refractivity contribution in [1.29, 1.82) is 0 Å². The molecule has 152 valence electrons. The molecule has 8 nitrogen and oxygen atoms in total. The molecule has 0 fully saturated rings. The summed E-state index contributed by atoms with van der Waals surface area (Å²) in [6, 6.07) is 4.67. The number of imide groups is 1. The van der Waals surface area contributed by atoms with E-state index >= 15 is 0 Å². The normalized spacial score (nSPS) is 15.8. The van der Waals surface area contributed by atoms with Gasteiger partial charge in [0.15, 0.2) is 5.82 Å². The zero-order valence-corrected chi connectivity index (χ0v) is 16.6. The van der Waals surface area contributed by atoms with Gasteiger partial charge in [0, 0.05) is 25.1 Å². The lowest BCUT2D eigenvalue weighted by Gasteiger charge is -2.12. The molecule has 0 unspecified atom stereocenters. The smallest absolute Gasteiger partial charge is 0.261 e. The maximum atomic E-state index is 12.6. The Bertz CT molecular complexity index is 965. The van der Waals surface area contributed by atoms with Gasteiger partial charge in [0.2, 0.25) is 0 Å². The number of unbranched alkanes of at least 4 members (excludes halogenated alkanes) is 1. The van der Waals surface area contributed by atoms with Gasteiger partial charge in [-0.05, 0) is 37.5 Å². The Balaban J connectivity index is 1.46. The van der Waals surface area contributed by atoms with E-state index in [0.29, 0.717) is 23.2 Å². The van der Waals surface area contributed by atoms with Crippen LogP contribution in [0.4, 0.5) is 0 Å². The highest BCUT2D eigenvalue weighted by atomic mass is 16.2. The molecule has 0 radical (unpaired) electrons. The van der Waals surface area contributed by atoms with Gasteiger partial charge in [-0.25, -0.2) is 0 Å². The molecule has 3 amide bonds. The lowest BCUT2D eigenvalue weighted by Crippen LogP contribution is -2.30. The number of hydrogen-bond donors (Lipinski definition) is 1. The highest BCUT2D eigenvalue weighted by Gasteiger charge is 2.35. The SMILES string of the molecule is CCCCN1C(=O)c2ccc(C(=O)NCc3nnc4n3CCCCC4)cc2C1=O. The van der Waals surface area contributed by atoms with Crippen molar-refractivity contribution in [3.8, 4) is 0 Å². The molecule has 4 rings (SSSR count). The van der Waals surface area contributed by atoms with Crippen molar-refractivity contribution in [3.63, 3.8) is 0 Å². The summed E-state index contributed by atoms with van der Waals surface area (Å²) in [6.45, 7) is 3.56. The van der Waals surface area contributed by atoms with Gasteiger partial charge >= 0.3 is 0 Å². The van der Waals surface area contributed by atoms with Crippen molar-refractivity contribution >= 4 is 17.7 Å². The second-order valence-corrected chi connectivity index (χ2v) is 7.55. The van der Waals surface area contributed by atoms with Crippen molar-refractivity contribution in [1.82, 2.24) is 25.0 Å². The first-order valence-corrected chi connectivity index (χ1v) is 10.3. The average Bonchev–Trinajstić information content (AvgIpc) is 3.11. The van der Waals surface area contributed by atoms with Gasteiger partial charge in [-0.3, -0.25) is 19.3 Å². The van der Waals surface area contributed by atoms with E-state index in [1.807, 2.05) is 6.92 Å². The fraction of sp³-hybridized carbons (Fsp3) is 0.476. The van der Waals surface area contributed by atoms with Crippen LogP contribution in [-0.4, -0.2) is 43.9 Å². The fourth-order valence-electron chi connectivity index (χ4n) is 3.89. The molecule has 0 atom stereocenters. The molecule has 0 saturated carbocycles. The first kappa shape index (κ1) is 19.3. The molecule has 0 saturated heterocycles. The zero-order valence-electron chi connectivity index (χ0n) is 16.6. The number of amides is 3.